The Hall–Kier alpha value is -0.670. The van der Waals surface area contributed by atoms with E-state index in [0.29, 0.717) is 11.7 Å². The van der Waals surface area contributed by atoms with Crippen LogP contribution in [0.15, 0.2) is 6.20 Å². The SMILES string of the molecule is CCc1nc(CN)cnc1Cl. The van der Waals surface area contributed by atoms with Gasteiger partial charge in [-0.05, 0) is 6.42 Å². The van der Waals surface area contributed by atoms with Crippen LogP contribution >= 0.6 is 11.6 Å². The van der Waals surface area contributed by atoms with Crippen molar-refractivity contribution in [3.05, 3.63) is 22.7 Å². The van der Waals surface area contributed by atoms with E-state index in [-0.39, 0.29) is 0 Å². The first-order valence-corrected chi connectivity index (χ1v) is 3.86. The van der Waals surface area contributed by atoms with Gasteiger partial charge < -0.3 is 5.73 Å². The zero-order valence-electron chi connectivity index (χ0n) is 6.34. The Bertz CT molecular complexity index is 249. The van der Waals surface area contributed by atoms with Crippen molar-refractivity contribution < 1.29 is 0 Å². The van der Waals surface area contributed by atoms with Crippen LogP contribution in [0.25, 0.3) is 0 Å². The van der Waals surface area contributed by atoms with Crippen LogP contribution in [0.1, 0.15) is 18.3 Å². The summed E-state index contributed by atoms with van der Waals surface area (Å²) in [5.41, 5.74) is 6.98. The summed E-state index contributed by atoms with van der Waals surface area (Å²) in [5.74, 6) is 0. The molecule has 1 rings (SSSR count). The molecule has 0 saturated heterocycles. The number of rotatable bonds is 2. The summed E-state index contributed by atoms with van der Waals surface area (Å²) in [6, 6.07) is 0. The average molecular weight is 172 g/mol. The van der Waals surface area contributed by atoms with Crippen LogP contribution in [0, 0.1) is 0 Å². The zero-order chi connectivity index (χ0) is 8.27. The van der Waals surface area contributed by atoms with Crippen LogP contribution in [0.5, 0.6) is 0 Å². The fourth-order valence-corrected chi connectivity index (χ4v) is 1.00. The molecule has 1 aromatic heterocycles. The first-order chi connectivity index (χ1) is 5.27. The van der Waals surface area contributed by atoms with E-state index in [2.05, 4.69) is 9.97 Å². The van der Waals surface area contributed by atoms with Crippen molar-refractivity contribution in [1.82, 2.24) is 9.97 Å². The third kappa shape index (κ3) is 1.88. The number of nitrogens with zero attached hydrogens (tertiary/aromatic N) is 2. The van der Waals surface area contributed by atoms with E-state index in [4.69, 9.17) is 17.3 Å². The van der Waals surface area contributed by atoms with Crippen molar-refractivity contribution >= 4 is 11.6 Å². The zero-order valence-corrected chi connectivity index (χ0v) is 7.10. The van der Waals surface area contributed by atoms with Crippen LogP contribution in [-0.4, -0.2) is 9.97 Å². The maximum Gasteiger partial charge on any atom is 0.150 e. The minimum atomic E-state index is 0.414. The summed E-state index contributed by atoms with van der Waals surface area (Å²) in [6.07, 6.45) is 2.39. The lowest BCUT2D eigenvalue weighted by Crippen LogP contribution is -2.03. The van der Waals surface area contributed by atoms with Gasteiger partial charge in [0.05, 0.1) is 17.6 Å². The van der Waals surface area contributed by atoms with Crippen molar-refractivity contribution in [2.24, 2.45) is 5.73 Å². The van der Waals surface area contributed by atoms with Gasteiger partial charge in [0.1, 0.15) is 5.15 Å². The monoisotopic (exact) mass is 171 g/mol. The third-order valence-electron chi connectivity index (χ3n) is 1.39. The van der Waals surface area contributed by atoms with Crippen molar-refractivity contribution in [2.45, 2.75) is 19.9 Å². The molecule has 0 aliphatic carbocycles. The maximum absolute atomic E-state index is 5.74. The molecule has 0 bridgehead atoms. The summed E-state index contributed by atoms with van der Waals surface area (Å²) in [4.78, 5) is 8.13. The molecule has 0 spiro atoms. The second-order valence-corrected chi connectivity index (χ2v) is 2.51. The second-order valence-electron chi connectivity index (χ2n) is 2.16. The Morgan fingerprint density at radius 3 is 2.91 bits per heavy atom. The molecule has 0 atom stereocenters. The number of hydrogen-bond donors (Lipinski definition) is 1. The van der Waals surface area contributed by atoms with Crippen molar-refractivity contribution in [2.75, 3.05) is 0 Å². The van der Waals surface area contributed by atoms with Crippen LogP contribution in [0.2, 0.25) is 5.15 Å². The standard InChI is InChI=1S/C7H10ClN3/c1-2-6-7(8)10-4-5(3-9)11-6/h4H,2-3,9H2,1H3. The van der Waals surface area contributed by atoms with Crippen LogP contribution in [0.4, 0.5) is 0 Å². The number of aryl methyl sites for hydroxylation is 1. The second kappa shape index (κ2) is 3.64. The van der Waals surface area contributed by atoms with Gasteiger partial charge in [0.2, 0.25) is 0 Å². The van der Waals surface area contributed by atoms with Gasteiger partial charge in [0, 0.05) is 6.54 Å². The number of hydrogen-bond acceptors (Lipinski definition) is 3. The van der Waals surface area contributed by atoms with Crippen molar-refractivity contribution in [3.8, 4) is 0 Å². The number of aromatic nitrogens is 2. The van der Waals surface area contributed by atoms with E-state index in [1.807, 2.05) is 6.92 Å². The summed E-state index contributed by atoms with van der Waals surface area (Å²) >= 11 is 5.74. The van der Waals surface area contributed by atoms with Crippen LogP contribution in [0.3, 0.4) is 0 Å². The fraction of sp³-hybridized carbons (Fsp3) is 0.429. The van der Waals surface area contributed by atoms with Gasteiger partial charge in [0.25, 0.3) is 0 Å². The minimum Gasteiger partial charge on any atom is -0.325 e. The third-order valence-corrected chi connectivity index (χ3v) is 1.70. The van der Waals surface area contributed by atoms with Crippen LogP contribution < -0.4 is 5.73 Å². The van der Waals surface area contributed by atoms with Gasteiger partial charge in [-0.25, -0.2) is 4.98 Å². The first-order valence-electron chi connectivity index (χ1n) is 3.48. The number of halogens is 1. The lowest BCUT2D eigenvalue weighted by atomic mass is 10.3. The molecule has 1 heterocycles. The summed E-state index contributed by atoms with van der Waals surface area (Å²) in [6.45, 7) is 2.40. The predicted molar refractivity (Wildman–Crippen MR) is 44.3 cm³/mol. The highest BCUT2D eigenvalue weighted by molar-refractivity contribution is 6.29. The molecule has 1 aromatic rings. The lowest BCUT2D eigenvalue weighted by molar-refractivity contribution is 0.904. The highest BCUT2D eigenvalue weighted by atomic mass is 35.5. The molecule has 0 radical (unpaired) electrons. The molecule has 0 aromatic carbocycles. The van der Waals surface area contributed by atoms with Gasteiger partial charge in [-0.3, -0.25) is 4.98 Å². The molecule has 0 amide bonds. The van der Waals surface area contributed by atoms with E-state index in [9.17, 15) is 0 Å². The molecule has 3 nitrogen and oxygen atoms in total. The van der Waals surface area contributed by atoms with Gasteiger partial charge >= 0.3 is 0 Å². The topological polar surface area (TPSA) is 51.8 Å². The smallest absolute Gasteiger partial charge is 0.150 e. The predicted octanol–water partition coefficient (Wildman–Crippen LogP) is 1.15. The van der Waals surface area contributed by atoms with Crippen molar-refractivity contribution in [1.29, 1.82) is 0 Å². The number of nitrogens with two attached hydrogens (primary N) is 1. The van der Waals surface area contributed by atoms with E-state index < -0.39 is 0 Å². The Morgan fingerprint density at radius 1 is 1.64 bits per heavy atom. The molecular formula is C7H10ClN3. The van der Waals surface area contributed by atoms with Gasteiger partial charge in [-0.2, -0.15) is 0 Å². The highest BCUT2D eigenvalue weighted by Crippen LogP contribution is 2.10. The summed E-state index contributed by atoms with van der Waals surface area (Å²) in [5, 5.41) is 0.477. The Labute approximate surface area is 70.6 Å². The Balaban J connectivity index is 3.02. The Morgan fingerprint density at radius 2 is 2.36 bits per heavy atom. The molecular weight excluding hydrogens is 162 g/mol. The van der Waals surface area contributed by atoms with E-state index in [1.165, 1.54) is 0 Å². The molecule has 2 N–H and O–H groups in total. The largest absolute Gasteiger partial charge is 0.325 e. The molecule has 11 heavy (non-hydrogen) atoms. The molecule has 0 fully saturated rings. The summed E-state index contributed by atoms with van der Waals surface area (Å²) in [7, 11) is 0. The van der Waals surface area contributed by atoms with Crippen LogP contribution in [-0.2, 0) is 13.0 Å². The minimum absolute atomic E-state index is 0.414. The normalized spacial score (nSPS) is 10.1. The first kappa shape index (κ1) is 8.43. The maximum atomic E-state index is 5.74. The molecule has 60 valence electrons. The van der Waals surface area contributed by atoms with Gasteiger partial charge in [-0.15, -0.1) is 0 Å². The fourth-order valence-electron chi connectivity index (χ4n) is 0.777. The molecule has 0 aliphatic rings. The summed E-state index contributed by atoms with van der Waals surface area (Å²) < 4.78 is 0. The molecule has 0 aliphatic heterocycles. The van der Waals surface area contributed by atoms with Gasteiger partial charge in [-0.1, -0.05) is 18.5 Å². The van der Waals surface area contributed by atoms with E-state index in [1.54, 1.807) is 6.20 Å². The molecule has 4 heteroatoms. The van der Waals surface area contributed by atoms with Crippen molar-refractivity contribution in [3.63, 3.8) is 0 Å². The average Bonchev–Trinajstić information content (AvgIpc) is 2.05. The lowest BCUT2D eigenvalue weighted by Gasteiger charge is -2.00. The quantitative estimate of drug-likeness (QED) is 0.727. The Kier molecular flexibility index (Phi) is 2.79. The molecule has 0 saturated carbocycles. The van der Waals surface area contributed by atoms with E-state index >= 15 is 0 Å². The van der Waals surface area contributed by atoms with Gasteiger partial charge in [0.15, 0.2) is 0 Å². The van der Waals surface area contributed by atoms with E-state index in [0.717, 1.165) is 17.8 Å². The highest BCUT2D eigenvalue weighted by Gasteiger charge is 2.01. The molecule has 0 unspecified atom stereocenters.